The van der Waals surface area contributed by atoms with E-state index in [9.17, 15) is 22.0 Å². The van der Waals surface area contributed by atoms with Crippen LogP contribution in [-0.2, 0) is 23.4 Å². The molecule has 11 nitrogen and oxygen atoms in total. The SMILES string of the molecule is Cc1nc2ccc(COc3c(N4CCN(S(=O)(=O)NCc5ccc(N)c(C)c5)CC4)cnn(-c4cc(F)cc(F)c4)c3=O)cc2s1. The number of rotatable bonds is 9. The van der Waals surface area contributed by atoms with Gasteiger partial charge < -0.3 is 15.4 Å². The third kappa shape index (κ3) is 6.72. The van der Waals surface area contributed by atoms with Gasteiger partial charge in [0.1, 0.15) is 23.9 Å². The molecule has 3 N–H and O–H groups in total. The minimum Gasteiger partial charge on any atom is -0.481 e. The first-order valence-electron chi connectivity index (χ1n) is 14.4. The Bertz CT molecular complexity index is 2070. The summed E-state index contributed by atoms with van der Waals surface area (Å²) in [6.07, 6.45) is 1.39. The number of nitrogens with one attached hydrogen (secondary N) is 1. The number of hydrogen-bond acceptors (Lipinski definition) is 9. The van der Waals surface area contributed by atoms with Gasteiger partial charge in [-0.15, -0.1) is 11.3 Å². The second-order valence-electron chi connectivity index (χ2n) is 10.9. The minimum absolute atomic E-state index is 0.0273. The third-order valence-corrected chi connectivity index (χ3v) is 10.1. The van der Waals surface area contributed by atoms with Crippen molar-refractivity contribution >= 4 is 43.1 Å². The van der Waals surface area contributed by atoms with Gasteiger partial charge in [-0.25, -0.2) is 13.8 Å². The van der Waals surface area contributed by atoms with E-state index >= 15 is 0 Å². The number of anilines is 2. The molecule has 46 heavy (non-hydrogen) atoms. The Morgan fingerprint density at radius 1 is 0.978 bits per heavy atom. The lowest BCUT2D eigenvalue weighted by molar-refractivity contribution is 0.297. The zero-order valence-electron chi connectivity index (χ0n) is 25.0. The maximum Gasteiger partial charge on any atom is 0.316 e. The van der Waals surface area contributed by atoms with Crippen LogP contribution in [-0.4, -0.2) is 53.7 Å². The first kappa shape index (κ1) is 31.5. The predicted octanol–water partition coefficient (Wildman–Crippen LogP) is 4.06. The van der Waals surface area contributed by atoms with Crippen LogP contribution >= 0.6 is 11.3 Å². The number of fused-ring (bicyclic) bond motifs is 1. The molecule has 2 aromatic heterocycles. The second-order valence-corrected chi connectivity index (χ2v) is 13.9. The largest absolute Gasteiger partial charge is 0.481 e. The van der Waals surface area contributed by atoms with Gasteiger partial charge in [0.25, 0.3) is 10.2 Å². The molecule has 1 fully saturated rings. The van der Waals surface area contributed by atoms with Gasteiger partial charge in [0, 0.05) is 44.5 Å². The summed E-state index contributed by atoms with van der Waals surface area (Å²) in [7, 11) is -3.80. The second kappa shape index (κ2) is 12.7. The molecule has 240 valence electrons. The topological polar surface area (TPSA) is 136 Å². The molecule has 3 heterocycles. The summed E-state index contributed by atoms with van der Waals surface area (Å²) in [5, 5.41) is 5.12. The van der Waals surface area contributed by atoms with Crippen LogP contribution in [0.4, 0.5) is 20.2 Å². The van der Waals surface area contributed by atoms with Crippen LogP contribution in [0.1, 0.15) is 21.7 Å². The minimum atomic E-state index is -3.80. The standard InChI is InChI=1S/C31H31F2N7O4S2/c1-19-11-21(3-5-26(19)34)16-36-46(42,43)39-9-7-38(8-10-39)28-17-35-40(25-14-23(32)13-24(33)15-25)31(41)30(28)44-18-22-4-6-27-29(12-22)45-20(2)37-27/h3-6,11-15,17,36H,7-10,16,18,34H2,1-2H3. The summed E-state index contributed by atoms with van der Waals surface area (Å²) in [6.45, 7) is 4.66. The van der Waals surface area contributed by atoms with Crippen molar-refractivity contribution in [1.29, 1.82) is 0 Å². The van der Waals surface area contributed by atoms with E-state index < -0.39 is 27.4 Å². The lowest BCUT2D eigenvalue weighted by Gasteiger charge is -2.35. The maximum absolute atomic E-state index is 14.0. The molecule has 0 bridgehead atoms. The summed E-state index contributed by atoms with van der Waals surface area (Å²) in [6, 6.07) is 13.7. The summed E-state index contributed by atoms with van der Waals surface area (Å²) in [5.74, 6) is -1.80. The number of nitrogen functional groups attached to an aromatic ring is 1. The smallest absolute Gasteiger partial charge is 0.316 e. The van der Waals surface area contributed by atoms with E-state index in [4.69, 9.17) is 10.5 Å². The molecule has 1 saturated heterocycles. The molecule has 0 aliphatic carbocycles. The summed E-state index contributed by atoms with van der Waals surface area (Å²) in [5.41, 5.74) is 9.33. The Labute approximate surface area is 268 Å². The Kier molecular flexibility index (Phi) is 8.74. The molecule has 0 atom stereocenters. The number of halogens is 2. The van der Waals surface area contributed by atoms with Crippen LogP contribution in [0.25, 0.3) is 15.9 Å². The summed E-state index contributed by atoms with van der Waals surface area (Å²) >= 11 is 1.54. The fourth-order valence-electron chi connectivity index (χ4n) is 5.25. The highest BCUT2D eigenvalue weighted by molar-refractivity contribution is 7.87. The van der Waals surface area contributed by atoms with Crippen molar-refractivity contribution < 1.29 is 21.9 Å². The Balaban J connectivity index is 1.23. The molecule has 1 aliphatic rings. The fourth-order valence-corrected chi connectivity index (χ4v) is 7.31. The van der Waals surface area contributed by atoms with Crippen molar-refractivity contribution in [2.45, 2.75) is 27.0 Å². The normalized spacial score (nSPS) is 14.2. The van der Waals surface area contributed by atoms with E-state index in [1.165, 1.54) is 21.8 Å². The Morgan fingerprint density at radius 3 is 2.41 bits per heavy atom. The van der Waals surface area contributed by atoms with Gasteiger partial charge in [-0.05, 0) is 60.9 Å². The highest BCUT2D eigenvalue weighted by Crippen LogP contribution is 2.28. The Hall–Kier alpha value is -4.44. The van der Waals surface area contributed by atoms with Gasteiger partial charge >= 0.3 is 5.56 Å². The average molecular weight is 668 g/mol. The van der Waals surface area contributed by atoms with Crippen LogP contribution in [0.3, 0.4) is 0 Å². The van der Waals surface area contributed by atoms with Crippen molar-refractivity contribution in [3.8, 4) is 11.4 Å². The monoisotopic (exact) mass is 667 g/mol. The highest BCUT2D eigenvalue weighted by Gasteiger charge is 2.29. The van der Waals surface area contributed by atoms with Crippen molar-refractivity contribution in [3.05, 3.63) is 104 Å². The van der Waals surface area contributed by atoms with E-state index in [0.717, 1.165) is 48.7 Å². The van der Waals surface area contributed by atoms with E-state index in [1.54, 1.807) is 12.1 Å². The van der Waals surface area contributed by atoms with E-state index in [1.807, 2.05) is 43.0 Å². The number of benzene rings is 3. The number of hydrogen-bond donors (Lipinski definition) is 2. The number of ether oxygens (including phenoxy) is 1. The number of aromatic nitrogens is 3. The summed E-state index contributed by atoms with van der Waals surface area (Å²) in [4.78, 5) is 20.0. The van der Waals surface area contributed by atoms with Crippen molar-refractivity contribution in [3.63, 3.8) is 0 Å². The van der Waals surface area contributed by atoms with Gasteiger partial charge in [0.15, 0.2) is 0 Å². The fraction of sp³-hybridized carbons (Fsp3) is 0.258. The van der Waals surface area contributed by atoms with Gasteiger partial charge in [-0.2, -0.15) is 27.2 Å². The van der Waals surface area contributed by atoms with Gasteiger partial charge in [0.2, 0.25) is 5.75 Å². The van der Waals surface area contributed by atoms with Gasteiger partial charge in [0.05, 0.1) is 27.1 Å². The molecule has 0 unspecified atom stereocenters. The van der Waals surface area contributed by atoms with Crippen molar-refractivity contribution in [2.24, 2.45) is 0 Å². The first-order valence-corrected chi connectivity index (χ1v) is 16.6. The zero-order valence-corrected chi connectivity index (χ0v) is 26.7. The first-order chi connectivity index (χ1) is 22.0. The number of aryl methyl sites for hydroxylation is 2. The average Bonchev–Trinajstić information content (AvgIpc) is 3.40. The number of thiazole rings is 1. The molecule has 6 rings (SSSR count). The molecule has 3 aromatic carbocycles. The van der Waals surface area contributed by atoms with E-state index in [0.29, 0.717) is 17.4 Å². The Morgan fingerprint density at radius 2 is 1.70 bits per heavy atom. The molecule has 1 aliphatic heterocycles. The highest BCUT2D eigenvalue weighted by atomic mass is 32.2. The zero-order chi connectivity index (χ0) is 32.6. The molecular weight excluding hydrogens is 637 g/mol. The van der Waals surface area contributed by atoms with Crippen LogP contribution in [0.15, 0.2) is 65.6 Å². The molecule has 0 saturated carbocycles. The molecule has 5 aromatic rings. The predicted molar refractivity (Wildman–Crippen MR) is 174 cm³/mol. The van der Waals surface area contributed by atoms with Crippen LogP contribution < -0.4 is 25.7 Å². The number of nitrogens with zero attached hydrogens (tertiary/aromatic N) is 5. The third-order valence-electron chi connectivity index (χ3n) is 7.66. The van der Waals surface area contributed by atoms with Crippen LogP contribution in [0.2, 0.25) is 0 Å². The van der Waals surface area contributed by atoms with Crippen LogP contribution in [0.5, 0.6) is 5.75 Å². The lowest BCUT2D eigenvalue weighted by Crippen LogP contribution is -2.52. The molecule has 0 amide bonds. The quantitative estimate of drug-likeness (QED) is 0.225. The van der Waals surface area contributed by atoms with Crippen molar-refractivity contribution in [2.75, 3.05) is 36.8 Å². The maximum atomic E-state index is 14.0. The van der Waals surface area contributed by atoms with Gasteiger partial charge in [-0.1, -0.05) is 18.2 Å². The van der Waals surface area contributed by atoms with Crippen LogP contribution in [0, 0.1) is 25.5 Å². The van der Waals surface area contributed by atoms with E-state index in [2.05, 4.69) is 14.8 Å². The molecule has 0 spiro atoms. The summed E-state index contributed by atoms with van der Waals surface area (Å²) < 4.78 is 66.2. The molecule has 15 heteroatoms. The number of piperazine rings is 1. The number of nitrogens with two attached hydrogens (primary N) is 1. The van der Waals surface area contributed by atoms with Crippen molar-refractivity contribution in [1.82, 2.24) is 23.8 Å². The van der Waals surface area contributed by atoms with E-state index in [-0.39, 0.29) is 50.8 Å². The molecule has 0 radical (unpaired) electrons. The van der Waals surface area contributed by atoms with Gasteiger partial charge in [-0.3, -0.25) is 4.79 Å². The molecular formula is C31H31F2N7O4S2. The lowest BCUT2D eigenvalue weighted by atomic mass is 10.1.